The molecule has 0 bridgehead atoms. The Labute approximate surface area is 169 Å². The zero-order valence-corrected chi connectivity index (χ0v) is 16.8. The molecule has 27 heavy (non-hydrogen) atoms. The van der Waals surface area contributed by atoms with Gasteiger partial charge in [-0.1, -0.05) is 37.8 Å². The number of amides is 3. The first kappa shape index (κ1) is 20.9. The van der Waals surface area contributed by atoms with Gasteiger partial charge in [0.05, 0.1) is 17.3 Å². The van der Waals surface area contributed by atoms with E-state index in [0.717, 1.165) is 17.1 Å². The molecule has 0 saturated carbocycles. The molecule has 0 aliphatic heterocycles. The van der Waals surface area contributed by atoms with E-state index in [1.54, 1.807) is 42.5 Å². The molecule has 6 nitrogen and oxygen atoms in total. The van der Waals surface area contributed by atoms with Crippen LogP contribution in [0.2, 0.25) is 5.02 Å². The predicted molar refractivity (Wildman–Crippen MR) is 113 cm³/mol. The van der Waals surface area contributed by atoms with Gasteiger partial charge in [0, 0.05) is 18.3 Å². The lowest BCUT2D eigenvalue weighted by Crippen LogP contribution is -2.26. The predicted octanol–water partition coefficient (Wildman–Crippen LogP) is 5.36. The molecule has 0 spiro atoms. The Morgan fingerprint density at radius 2 is 1.78 bits per heavy atom. The number of anilines is 3. The van der Waals surface area contributed by atoms with Gasteiger partial charge in [-0.2, -0.15) is 0 Å². The standard InChI is InChI=1S/C19H22ClN3O3S/c1-3-4-11-26-18-10-7-15(12-17(18)20)22-19(25)23(27)16-8-5-14(6-9-16)21-13(2)24/h5-10,12,27H,3-4,11H2,1-2H3,(H,21,24)(H,22,25). The Balaban J connectivity index is 1.99. The van der Waals surface area contributed by atoms with Gasteiger partial charge in [0.2, 0.25) is 5.91 Å². The van der Waals surface area contributed by atoms with Crippen molar-refractivity contribution >= 4 is 53.4 Å². The van der Waals surface area contributed by atoms with E-state index in [4.69, 9.17) is 16.3 Å². The van der Waals surface area contributed by atoms with E-state index >= 15 is 0 Å². The number of benzene rings is 2. The Hall–Kier alpha value is -2.38. The number of ether oxygens (including phenoxy) is 1. The van der Waals surface area contributed by atoms with Crippen LogP contribution in [0.1, 0.15) is 26.7 Å². The average molecular weight is 408 g/mol. The summed E-state index contributed by atoms with van der Waals surface area (Å²) in [6, 6.07) is 11.3. The quantitative estimate of drug-likeness (QED) is 0.427. The van der Waals surface area contributed by atoms with Crippen LogP contribution in [0.3, 0.4) is 0 Å². The zero-order valence-electron chi connectivity index (χ0n) is 15.2. The van der Waals surface area contributed by atoms with Gasteiger partial charge in [-0.25, -0.2) is 9.10 Å². The third kappa shape index (κ3) is 6.37. The summed E-state index contributed by atoms with van der Waals surface area (Å²) in [5, 5.41) is 5.81. The molecule has 2 rings (SSSR count). The minimum atomic E-state index is -0.443. The van der Waals surface area contributed by atoms with Crippen LogP contribution in [0, 0.1) is 0 Å². The number of hydrogen-bond donors (Lipinski definition) is 3. The van der Waals surface area contributed by atoms with Gasteiger partial charge in [-0.05, 0) is 48.9 Å². The Bertz CT molecular complexity index is 799. The molecule has 0 aromatic heterocycles. The van der Waals surface area contributed by atoms with Crippen LogP contribution >= 0.6 is 24.4 Å². The monoisotopic (exact) mass is 407 g/mol. The normalized spacial score (nSPS) is 10.2. The Morgan fingerprint density at radius 1 is 1.11 bits per heavy atom. The molecule has 2 N–H and O–H groups in total. The second-order valence-electron chi connectivity index (χ2n) is 5.82. The molecule has 0 fully saturated rings. The SMILES string of the molecule is CCCCOc1ccc(NC(=O)N(S)c2ccc(NC(C)=O)cc2)cc1Cl. The number of carbonyl (C=O) groups excluding carboxylic acids is 2. The van der Waals surface area contributed by atoms with Gasteiger partial charge in [-0.15, -0.1) is 0 Å². The van der Waals surface area contributed by atoms with E-state index in [9.17, 15) is 9.59 Å². The van der Waals surface area contributed by atoms with Crippen LogP contribution in [0.15, 0.2) is 42.5 Å². The van der Waals surface area contributed by atoms with Gasteiger partial charge in [0.1, 0.15) is 5.75 Å². The summed E-state index contributed by atoms with van der Waals surface area (Å²) in [7, 11) is 0. The second-order valence-corrected chi connectivity index (χ2v) is 6.62. The van der Waals surface area contributed by atoms with Crippen molar-refractivity contribution in [1.29, 1.82) is 0 Å². The molecule has 8 heteroatoms. The van der Waals surface area contributed by atoms with E-state index in [2.05, 4.69) is 30.4 Å². The molecule has 0 unspecified atom stereocenters. The van der Waals surface area contributed by atoms with Crippen LogP contribution < -0.4 is 19.7 Å². The zero-order chi connectivity index (χ0) is 19.8. The van der Waals surface area contributed by atoms with Crippen molar-refractivity contribution in [2.45, 2.75) is 26.7 Å². The fourth-order valence-electron chi connectivity index (χ4n) is 2.21. The number of nitrogens with zero attached hydrogens (tertiary/aromatic N) is 1. The third-order valence-corrected chi connectivity index (χ3v) is 4.27. The van der Waals surface area contributed by atoms with Crippen LogP contribution in [0.5, 0.6) is 5.75 Å². The van der Waals surface area contributed by atoms with Crippen LogP contribution in [-0.2, 0) is 4.79 Å². The molecule has 144 valence electrons. The minimum Gasteiger partial charge on any atom is -0.492 e. The summed E-state index contributed by atoms with van der Waals surface area (Å²) in [4.78, 5) is 23.4. The van der Waals surface area contributed by atoms with Crippen molar-refractivity contribution in [3.8, 4) is 5.75 Å². The van der Waals surface area contributed by atoms with Gasteiger partial charge >= 0.3 is 6.03 Å². The van der Waals surface area contributed by atoms with Crippen molar-refractivity contribution in [3.63, 3.8) is 0 Å². The fourth-order valence-corrected chi connectivity index (χ4v) is 2.62. The minimum absolute atomic E-state index is 0.165. The van der Waals surface area contributed by atoms with E-state index in [-0.39, 0.29) is 5.91 Å². The molecule has 0 aliphatic carbocycles. The van der Waals surface area contributed by atoms with Crippen LogP contribution in [-0.4, -0.2) is 18.5 Å². The van der Waals surface area contributed by atoms with Crippen LogP contribution in [0.4, 0.5) is 21.9 Å². The highest BCUT2D eigenvalue weighted by molar-refractivity contribution is 7.82. The van der Waals surface area contributed by atoms with Crippen LogP contribution in [0.25, 0.3) is 0 Å². The van der Waals surface area contributed by atoms with E-state index < -0.39 is 6.03 Å². The lowest BCUT2D eigenvalue weighted by atomic mass is 10.2. The first-order valence-electron chi connectivity index (χ1n) is 8.50. The van der Waals surface area contributed by atoms with E-state index in [1.165, 1.54) is 6.92 Å². The summed E-state index contributed by atoms with van der Waals surface area (Å²) < 4.78 is 6.76. The molecule has 0 heterocycles. The number of halogens is 1. The molecular formula is C19H22ClN3O3S. The molecule has 2 aromatic rings. The molecular weight excluding hydrogens is 386 g/mol. The Kier molecular flexibility index (Phi) is 7.82. The second kappa shape index (κ2) is 10.1. The third-order valence-electron chi connectivity index (χ3n) is 3.56. The van der Waals surface area contributed by atoms with Crippen molar-refractivity contribution in [2.75, 3.05) is 21.5 Å². The summed E-state index contributed by atoms with van der Waals surface area (Å²) >= 11 is 10.4. The van der Waals surface area contributed by atoms with E-state index in [1.807, 2.05) is 0 Å². The average Bonchev–Trinajstić information content (AvgIpc) is 2.63. The van der Waals surface area contributed by atoms with Crippen molar-refractivity contribution in [2.24, 2.45) is 0 Å². The van der Waals surface area contributed by atoms with Crippen molar-refractivity contribution < 1.29 is 14.3 Å². The fraction of sp³-hybridized carbons (Fsp3) is 0.263. The maximum Gasteiger partial charge on any atom is 0.336 e. The maximum atomic E-state index is 12.4. The number of nitrogens with one attached hydrogen (secondary N) is 2. The molecule has 0 atom stereocenters. The smallest absolute Gasteiger partial charge is 0.336 e. The summed E-state index contributed by atoms with van der Waals surface area (Å²) in [6.45, 7) is 4.11. The summed E-state index contributed by atoms with van der Waals surface area (Å²) in [5.41, 5.74) is 1.72. The number of urea groups is 1. The van der Waals surface area contributed by atoms with Gasteiger partial charge < -0.3 is 15.4 Å². The largest absolute Gasteiger partial charge is 0.492 e. The van der Waals surface area contributed by atoms with Crippen molar-refractivity contribution in [3.05, 3.63) is 47.5 Å². The van der Waals surface area contributed by atoms with Gasteiger partial charge in [0.25, 0.3) is 0 Å². The van der Waals surface area contributed by atoms with Crippen molar-refractivity contribution in [1.82, 2.24) is 0 Å². The summed E-state index contributed by atoms with van der Waals surface area (Å²) in [5.74, 6) is 0.418. The highest BCUT2D eigenvalue weighted by atomic mass is 35.5. The maximum absolute atomic E-state index is 12.4. The molecule has 3 amide bonds. The number of rotatable bonds is 7. The molecule has 2 aromatic carbocycles. The first-order chi connectivity index (χ1) is 12.9. The highest BCUT2D eigenvalue weighted by Gasteiger charge is 2.13. The molecule has 0 radical (unpaired) electrons. The lowest BCUT2D eigenvalue weighted by Gasteiger charge is -2.17. The molecule has 0 saturated heterocycles. The Morgan fingerprint density at radius 3 is 2.37 bits per heavy atom. The first-order valence-corrected chi connectivity index (χ1v) is 9.28. The lowest BCUT2D eigenvalue weighted by molar-refractivity contribution is -0.114. The number of thiol groups is 1. The van der Waals surface area contributed by atoms with E-state index in [0.29, 0.717) is 34.4 Å². The summed E-state index contributed by atoms with van der Waals surface area (Å²) in [6.07, 6.45) is 1.99. The number of carbonyl (C=O) groups is 2. The van der Waals surface area contributed by atoms with Gasteiger partial charge in [-0.3, -0.25) is 4.79 Å². The number of hydrogen-bond acceptors (Lipinski definition) is 4. The van der Waals surface area contributed by atoms with Gasteiger partial charge in [0.15, 0.2) is 0 Å². The highest BCUT2D eigenvalue weighted by Crippen LogP contribution is 2.28. The topological polar surface area (TPSA) is 70.7 Å². The molecule has 0 aliphatic rings. The number of unbranched alkanes of at least 4 members (excludes halogenated alkanes) is 1.